The molecule has 5 N–H and O–H groups in total. The second-order valence-corrected chi connectivity index (χ2v) is 14.4. The predicted octanol–water partition coefficient (Wildman–Crippen LogP) is 3.46. The van der Waals surface area contributed by atoms with E-state index in [0.29, 0.717) is 49.5 Å². The fraction of sp³-hybridized carbons (Fsp3) is 0.564. The molecule has 1 saturated heterocycles. The maximum Gasteiger partial charge on any atom is 0.318 e. The fourth-order valence-electron chi connectivity index (χ4n) is 7.27. The number of likely N-dealkylation sites (tertiary alicyclic amines) is 1. The number of aromatic amines is 1. The third-order valence-electron chi connectivity index (χ3n) is 10.4. The summed E-state index contributed by atoms with van der Waals surface area (Å²) in [7, 11) is 4.10. The Morgan fingerprint density at radius 1 is 0.904 bits per heavy atom. The minimum atomic E-state index is -1.01. The van der Waals surface area contributed by atoms with Crippen LogP contribution < -0.4 is 20.7 Å². The minimum absolute atomic E-state index is 0.125. The number of nitrogens with zero attached hydrogens (tertiary/aromatic N) is 4. The molecule has 1 saturated carbocycles. The van der Waals surface area contributed by atoms with Gasteiger partial charge in [0.2, 0.25) is 17.7 Å². The summed E-state index contributed by atoms with van der Waals surface area (Å²) in [6.07, 6.45) is 12.5. The first-order valence-electron chi connectivity index (χ1n) is 18.8. The zero-order chi connectivity index (χ0) is 36.7. The van der Waals surface area contributed by atoms with Gasteiger partial charge in [-0.2, -0.15) is 0 Å². The minimum Gasteiger partial charge on any atom is -0.478 e. The van der Waals surface area contributed by atoms with Gasteiger partial charge in [0, 0.05) is 56.9 Å². The van der Waals surface area contributed by atoms with Gasteiger partial charge < -0.3 is 40.6 Å². The second kappa shape index (κ2) is 19.9. The third-order valence-corrected chi connectivity index (χ3v) is 10.4. The van der Waals surface area contributed by atoms with Crippen molar-refractivity contribution in [3.8, 4) is 5.88 Å². The smallest absolute Gasteiger partial charge is 0.318 e. The van der Waals surface area contributed by atoms with Gasteiger partial charge in [-0.15, -0.1) is 0 Å². The Morgan fingerprint density at radius 3 is 2.29 bits per heavy atom. The molecule has 0 spiro atoms. The molecule has 0 bridgehead atoms. The summed E-state index contributed by atoms with van der Waals surface area (Å²) in [6.45, 7) is 1.42. The number of ether oxygens (including phenoxy) is 1. The number of aromatic nitrogens is 3. The van der Waals surface area contributed by atoms with Crippen LogP contribution >= 0.6 is 0 Å². The highest BCUT2D eigenvalue weighted by molar-refractivity contribution is 5.92. The average Bonchev–Trinajstić information content (AvgIpc) is 3.68. The highest BCUT2D eigenvalue weighted by atomic mass is 16.5. The van der Waals surface area contributed by atoms with E-state index >= 15 is 0 Å². The number of pyridine rings is 1. The summed E-state index contributed by atoms with van der Waals surface area (Å²) >= 11 is 0. The van der Waals surface area contributed by atoms with Crippen molar-refractivity contribution < 1.29 is 24.2 Å². The SMILES string of the molecule is CN(C)C1CCN(C(=O)N[C@@H](Cc2ccccc2)C(=O)N[C@@H](Cc2c[nH]cn2)C(=O)N[C@@H](CC2CCCCC2)[C@@H](O)CCOc2ccccn2)CC1. The van der Waals surface area contributed by atoms with Crippen molar-refractivity contribution in [2.24, 2.45) is 5.92 Å². The Morgan fingerprint density at radius 2 is 1.62 bits per heavy atom. The molecule has 1 aliphatic heterocycles. The van der Waals surface area contributed by atoms with Crippen LogP contribution in [0.25, 0.3) is 0 Å². The van der Waals surface area contributed by atoms with Gasteiger partial charge in [0.25, 0.3) is 0 Å². The van der Waals surface area contributed by atoms with Crippen molar-refractivity contribution in [3.63, 3.8) is 0 Å². The van der Waals surface area contributed by atoms with Gasteiger partial charge in [-0.3, -0.25) is 9.59 Å². The normalized spacial score (nSPS) is 17.9. The predicted molar refractivity (Wildman–Crippen MR) is 198 cm³/mol. The summed E-state index contributed by atoms with van der Waals surface area (Å²) < 4.78 is 5.77. The molecule has 13 heteroatoms. The summed E-state index contributed by atoms with van der Waals surface area (Å²) in [5.74, 6) is -0.0424. The van der Waals surface area contributed by atoms with E-state index in [1.165, 1.54) is 12.7 Å². The number of aliphatic hydroxyl groups excluding tert-OH is 1. The van der Waals surface area contributed by atoms with E-state index in [1.807, 2.05) is 56.6 Å². The molecule has 3 aromatic rings. The fourth-order valence-corrected chi connectivity index (χ4v) is 7.27. The molecule has 3 heterocycles. The zero-order valence-electron chi connectivity index (χ0n) is 30.6. The molecular formula is C39H56N8O5. The van der Waals surface area contributed by atoms with Crippen LogP contribution in [0.15, 0.2) is 67.3 Å². The van der Waals surface area contributed by atoms with Crippen LogP contribution in [0.5, 0.6) is 5.88 Å². The number of carbonyl (C=O) groups excluding carboxylic acids is 3. The summed E-state index contributed by atoms with van der Waals surface area (Å²) in [5, 5.41) is 20.5. The van der Waals surface area contributed by atoms with Crippen LogP contribution in [0.3, 0.4) is 0 Å². The molecule has 0 radical (unpaired) electrons. The third kappa shape index (κ3) is 12.0. The number of piperidine rings is 1. The highest BCUT2D eigenvalue weighted by Crippen LogP contribution is 2.28. The lowest BCUT2D eigenvalue weighted by Gasteiger charge is -2.36. The number of H-pyrrole nitrogens is 1. The van der Waals surface area contributed by atoms with Gasteiger partial charge >= 0.3 is 6.03 Å². The summed E-state index contributed by atoms with van der Waals surface area (Å²) in [4.78, 5) is 57.2. The number of hydrogen-bond acceptors (Lipinski definition) is 8. The van der Waals surface area contributed by atoms with E-state index in [0.717, 1.165) is 44.1 Å². The van der Waals surface area contributed by atoms with Gasteiger partial charge in [0.15, 0.2) is 0 Å². The number of rotatable bonds is 17. The quantitative estimate of drug-likeness (QED) is 0.142. The van der Waals surface area contributed by atoms with E-state index in [4.69, 9.17) is 4.74 Å². The van der Waals surface area contributed by atoms with Gasteiger partial charge in [-0.25, -0.2) is 14.8 Å². The van der Waals surface area contributed by atoms with Crippen LogP contribution in [-0.4, -0.2) is 112 Å². The van der Waals surface area contributed by atoms with Crippen LogP contribution in [0, 0.1) is 5.92 Å². The van der Waals surface area contributed by atoms with E-state index in [9.17, 15) is 19.5 Å². The molecule has 2 fully saturated rings. The van der Waals surface area contributed by atoms with E-state index in [-0.39, 0.29) is 25.5 Å². The lowest BCUT2D eigenvalue weighted by atomic mass is 9.83. The molecular weight excluding hydrogens is 660 g/mol. The van der Waals surface area contributed by atoms with Crippen LogP contribution in [0.2, 0.25) is 0 Å². The number of nitrogens with one attached hydrogen (secondary N) is 4. The Bertz CT molecular complexity index is 1500. The number of urea groups is 1. The van der Waals surface area contributed by atoms with E-state index < -0.39 is 36.0 Å². The monoisotopic (exact) mass is 716 g/mol. The average molecular weight is 717 g/mol. The van der Waals surface area contributed by atoms with Gasteiger partial charge in [0.05, 0.1) is 30.8 Å². The molecule has 2 aliphatic rings. The number of benzene rings is 1. The van der Waals surface area contributed by atoms with Crippen molar-refractivity contribution in [1.29, 1.82) is 0 Å². The molecule has 0 unspecified atom stereocenters. The topological polar surface area (TPSA) is 165 Å². The number of imidazole rings is 1. The molecule has 4 atom stereocenters. The van der Waals surface area contributed by atoms with Crippen LogP contribution in [-0.2, 0) is 22.4 Å². The van der Waals surface area contributed by atoms with Gasteiger partial charge in [0.1, 0.15) is 12.1 Å². The van der Waals surface area contributed by atoms with Crippen molar-refractivity contribution in [3.05, 3.63) is 78.5 Å². The lowest BCUT2D eigenvalue weighted by Crippen LogP contribution is -2.59. The van der Waals surface area contributed by atoms with Crippen molar-refractivity contribution in [2.75, 3.05) is 33.8 Å². The number of hydrogen-bond donors (Lipinski definition) is 5. The number of carbonyl (C=O) groups is 3. The maximum absolute atomic E-state index is 14.2. The Hall–Kier alpha value is -4.49. The van der Waals surface area contributed by atoms with Gasteiger partial charge in [-0.05, 0) is 50.9 Å². The standard InChI is InChI=1S/C39H56N8O5/c1-46(2)31-16-20-47(21-17-31)39(51)45-33(24-29-13-7-4-8-14-29)37(49)44-34(25-30-26-40-27-42-30)38(50)43-32(23-28-11-5-3-6-12-28)35(48)18-22-52-36-15-9-10-19-41-36/h4,7-10,13-15,19,26-28,31-35,48H,3,5-6,11-12,16-18,20-25H2,1-2H3,(H,40,42)(H,43,50)(H,44,49)(H,45,51)/t32-,33-,34-,35-/m0/s1. The number of amides is 4. The second-order valence-electron chi connectivity index (χ2n) is 14.4. The molecule has 5 rings (SSSR count). The first-order chi connectivity index (χ1) is 25.2. The maximum atomic E-state index is 14.2. The largest absolute Gasteiger partial charge is 0.478 e. The summed E-state index contributed by atoms with van der Waals surface area (Å²) in [5.41, 5.74) is 1.48. The molecule has 52 heavy (non-hydrogen) atoms. The van der Waals surface area contributed by atoms with Crippen molar-refractivity contribution in [1.82, 2.24) is 40.7 Å². The molecule has 2 aromatic heterocycles. The van der Waals surface area contributed by atoms with Crippen LogP contribution in [0.1, 0.15) is 69.0 Å². The first-order valence-corrected chi connectivity index (χ1v) is 18.8. The Kier molecular flexibility index (Phi) is 14.9. The molecule has 1 aromatic carbocycles. The molecule has 282 valence electrons. The van der Waals surface area contributed by atoms with Crippen molar-refractivity contribution >= 4 is 17.8 Å². The summed E-state index contributed by atoms with van der Waals surface area (Å²) in [6, 6.07) is 12.5. The molecule has 13 nitrogen and oxygen atoms in total. The van der Waals surface area contributed by atoms with Gasteiger partial charge in [-0.1, -0.05) is 68.5 Å². The lowest BCUT2D eigenvalue weighted by molar-refractivity contribution is -0.131. The first kappa shape index (κ1) is 38.7. The van der Waals surface area contributed by atoms with E-state index in [1.54, 1.807) is 23.4 Å². The molecule has 4 amide bonds. The van der Waals surface area contributed by atoms with Crippen LogP contribution in [0.4, 0.5) is 4.79 Å². The van der Waals surface area contributed by atoms with E-state index in [2.05, 4.69) is 35.8 Å². The highest BCUT2D eigenvalue weighted by Gasteiger charge is 2.33. The Balaban J connectivity index is 1.29. The number of aliphatic hydroxyl groups is 1. The zero-order valence-corrected chi connectivity index (χ0v) is 30.6. The van der Waals surface area contributed by atoms with Crippen molar-refractivity contribution in [2.45, 2.75) is 101 Å². The Labute approximate surface area is 307 Å². The molecule has 1 aliphatic carbocycles.